The van der Waals surface area contributed by atoms with E-state index in [9.17, 15) is 0 Å². The highest BCUT2D eigenvalue weighted by Crippen LogP contribution is 2.10. The standard InChI is InChI=1S/C17H27N7O.HI/c1-14-21-22-16(23(14)2)13-20-17(19-12-15-6-5-11-25-15)18-7-10-24-8-3-4-9-24;/h3-4,8-9,15H,5-7,10-13H2,1-2H3,(H2,18,19,20);1H. The minimum Gasteiger partial charge on any atom is -0.376 e. The van der Waals surface area contributed by atoms with Gasteiger partial charge in [0.1, 0.15) is 12.4 Å². The van der Waals surface area contributed by atoms with Gasteiger partial charge in [0, 0.05) is 45.7 Å². The molecule has 26 heavy (non-hydrogen) atoms. The summed E-state index contributed by atoms with van der Waals surface area (Å²) >= 11 is 0. The van der Waals surface area contributed by atoms with Crippen LogP contribution in [0.25, 0.3) is 0 Å². The first-order valence-corrected chi connectivity index (χ1v) is 8.82. The highest BCUT2D eigenvalue weighted by Gasteiger charge is 2.15. The molecule has 2 N–H and O–H groups in total. The lowest BCUT2D eigenvalue weighted by Crippen LogP contribution is -2.42. The number of ether oxygens (including phenoxy) is 1. The molecule has 8 nitrogen and oxygen atoms in total. The highest BCUT2D eigenvalue weighted by atomic mass is 127. The number of rotatable bonds is 7. The molecule has 1 unspecified atom stereocenters. The molecule has 9 heteroatoms. The number of nitrogens with zero attached hydrogens (tertiary/aromatic N) is 5. The summed E-state index contributed by atoms with van der Waals surface area (Å²) in [6.07, 6.45) is 6.62. The maximum Gasteiger partial charge on any atom is 0.191 e. The number of nitrogens with one attached hydrogen (secondary N) is 2. The van der Waals surface area contributed by atoms with Crippen molar-refractivity contribution in [1.29, 1.82) is 0 Å². The zero-order valence-corrected chi connectivity index (χ0v) is 17.7. The first-order chi connectivity index (χ1) is 12.2. The number of hydrogen-bond donors (Lipinski definition) is 2. The molecule has 1 saturated heterocycles. The Morgan fingerprint density at radius 2 is 2.12 bits per heavy atom. The van der Waals surface area contributed by atoms with Crippen molar-refractivity contribution in [2.75, 3.05) is 19.7 Å². The maximum atomic E-state index is 5.68. The van der Waals surface area contributed by atoms with Crippen molar-refractivity contribution in [2.45, 2.75) is 39.0 Å². The van der Waals surface area contributed by atoms with Gasteiger partial charge in [-0.25, -0.2) is 4.99 Å². The van der Waals surface area contributed by atoms with Crippen LogP contribution in [0.15, 0.2) is 29.5 Å². The molecule has 0 spiro atoms. The Bertz CT molecular complexity index is 677. The quantitative estimate of drug-likeness (QED) is 0.362. The van der Waals surface area contributed by atoms with Crippen molar-refractivity contribution in [3.05, 3.63) is 36.2 Å². The second kappa shape index (κ2) is 10.5. The molecule has 2 aromatic heterocycles. The van der Waals surface area contributed by atoms with E-state index >= 15 is 0 Å². The summed E-state index contributed by atoms with van der Waals surface area (Å²) in [6, 6.07) is 4.06. The van der Waals surface area contributed by atoms with Crippen LogP contribution < -0.4 is 10.6 Å². The van der Waals surface area contributed by atoms with Crippen LogP contribution in [-0.2, 0) is 24.9 Å². The summed E-state index contributed by atoms with van der Waals surface area (Å²) in [5.41, 5.74) is 0. The fraction of sp³-hybridized carbons (Fsp3) is 0.588. The molecule has 0 amide bonds. The molecule has 3 heterocycles. The van der Waals surface area contributed by atoms with Crippen molar-refractivity contribution in [3.63, 3.8) is 0 Å². The lowest BCUT2D eigenvalue weighted by Gasteiger charge is -2.16. The second-order valence-corrected chi connectivity index (χ2v) is 6.25. The smallest absolute Gasteiger partial charge is 0.191 e. The van der Waals surface area contributed by atoms with Crippen LogP contribution in [-0.4, -0.2) is 51.1 Å². The SMILES string of the molecule is Cc1nnc(CN=C(NCCn2cccc2)NCC2CCCO2)n1C.I. The third-order valence-corrected chi connectivity index (χ3v) is 4.41. The predicted molar refractivity (Wildman–Crippen MR) is 112 cm³/mol. The van der Waals surface area contributed by atoms with Gasteiger partial charge in [0.05, 0.1) is 6.10 Å². The van der Waals surface area contributed by atoms with Gasteiger partial charge in [0.2, 0.25) is 0 Å². The minimum atomic E-state index is 0. The topological polar surface area (TPSA) is 81.3 Å². The van der Waals surface area contributed by atoms with Gasteiger partial charge in [0.15, 0.2) is 11.8 Å². The largest absolute Gasteiger partial charge is 0.376 e. The van der Waals surface area contributed by atoms with E-state index in [1.54, 1.807) is 0 Å². The zero-order valence-electron chi connectivity index (χ0n) is 15.4. The molecule has 144 valence electrons. The molecular formula is C17H28IN7O. The minimum absolute atomic E-state index is 0. The van der Waals surface area contributed by atoms with Gasteiger partial charge in [-0.05, 0) is 31.9 Å². The lowest BCUT2D eigenvalue weighted by atomic mass is 10.2. The van der Waals surface area contributed by atoms with Gasteiger partial charge in [-0.2, -0.15) is 0 Å². The van der Waals surface area contributed by atoms with E-state index in [1.807, 2.05) is 30.7 Å². The molecule has 1 atom stereocenters. The Morgan fingerprint density at radius 3 is 2.77 bits per heavy atom. The van der Waals surface area contributed by atoms with E-state index in [4.69, 9.17) is 4.74 Å². The third kappa shape index (κ3) is 5.97. The summed E-state index contributed by atoms with van der Waals surface area (Å²) < 4.78 is 9.77. The molecule has 0 aromatic carbocycles. The molecule has 0 aliphatic carbocycles. The van der Waals surface area contributed by atoms with Gasteiger partial charge >= 0.3 is 0 Å². The van der Waals surface area contributed by atoms with Gasteiger partial charge in [-0.3, -0.25) is 0 Å². The van der Waals surface area contributed by atoms with E-state index < -0.39 is 0 Å². The van der Waals surface area contributed by atoms with Crippen LogP contribution in [0.5, 0.6) is 0 Å². The summed E-state index contributed by atoms with van der Waals surface area (Å²) in [6.45, 7) is 5.74. The van der Waals surface area contributed by atoms with E-state index in [1.165, 1.54) is 0 Å². The number of aromatic nitrogens is 4. The van der Waals surface area contributed by atoms with Crippen molar-refractivity contribution in [1.82, 2.24) is 30.0 Å². The average Bonchev–Trinajstić information content (AvgIpc) is 3.36. The van der Waals surface area contributed by atoms with E-state index in [-0.39, 0.29) is 30.1 Å². The van der Waals surface area contributed by atoms with Gasteiger partial charge in [-0.1, -0.05) is 0 Å². The van der Waals surface area contributed by atoms with Gasteiger partial charge in [0.25, 0.3) is 0 Å². The number of guanidine groups is 1. The van der Waals surface area contributed by atoms with Crippen LogP contribution in [0.2, 0.25) is 0 Å². The van der Waals surface area contributed by atoms with Crippen LogP contribution in [0.4, 0.5) is 0 Å². The Kier molecular flexibility index (Phi) is 8.36. The van der Waals surface area contributed by atoms with E-state index in [2.05, 4.69) is 42.8 Å². The molecular weight excluding hydrogens is 445 g/mol. The highest BCUT2D eigenvalue weighted by molar-refractivity contribution is 14.0. The zero-order chi connectivity index (χ0) is 17.5. The van der Waals surface area contributed by atoms with Gasteiger partial charge < -0.3 is 24.5 Å². The molecule has 1 aliphatic heterocycles. The maximum absolute atomic E-state index is 5.68. The Labute approximate surface area is 171 Å². The molecule has 0 radical (unpaired) electrons. The molecule has 0 saturated carbocycles. The van der Waals surface area contributed by atoms with Crippen LogP contribution in [0, 0.1) is 6.92 Å². The molecule has 1 fully saturated rings. The first kappa shape index (κ1) is 20.7. The van der Waals surface area contributed by atoms with E-state index in [0.717, 1.165) is 56.7 Å². The third-order valence-electron chi connectivity index (χ3n) is 4.41. The Morgan fingerprint density at radius 1 is 1.31 bits per heavy atom. The first-order valence-electron chi connectivity index (χ1n) is 8.82. The van der Waals surface area contributed by atoms with Crippen LogP contribution in [0.3, 0.4) is 0 Å². The summed E-state index contributed by atoms with van der Waals surface area (Å²) in [4.78, 5) is 4.65. The predicted octanol–water partition coefficient (Wildman–Crippen LogP) is 1.46. The summed E-state index contributed by atoms with van der Waals surface area (Å²) in [5.74, 6) is 2.52. The monoisotopic (exact) mass is 473 g/mol. The Hall–Kier alpha value is -1.62. The number of aliphatic imine (C=N–C) groups is 1. The fourth-order valence-electron chi connectivity index (χ4n) is 2.75. The average molecular weight is 473 g/mol. The summed E-state index contributed by atoms with van der Waals surface area (Å²) in [5, 5.41) is 15.0. The van der Waals surface area contributed by atoms with Crippen molar-refractivity contribution in [3.8, 4) is 0 Å². The normalized spacial score (nSPS) is 17.2. The second-order valence-electron chi connectivity index (χ2n) is 6.25. The van der Waals surface area contributed by atoms with Crippen LogP contribution >= 0.6 is 24.0 Å². The molecule has 2 aromatic rings. The number of halogens is 1. The lowest BCUT2D eigenvalue weighted by molar-refractivity contribution is 0.114. The number of hydrogen-bond acceptors (Lipinski definition) is 4. The van der Waals surface area contributed by atoms with Crippen molar-refractivity contribution < 1.29 is 4.74 Å². The molecule has 3 rings (SSSR count). The van der Waals surface area contributed by atoms with Crippen molar-refractivity contribution >= 4 is 29.9 Å². The van der Waals surface area contributed by atoms with Gasteiger partial charge in [-0.15, -0.1) is 34.2 Å². The van der Waals surface area contributed by atoms with Crippen LogP contribution in [0.1, 0.15) is 24.5 Å². The molecule has 1 aliphatic rings. The Balaban J connectivity index is 0.00000243. The van der Waals surface area contributed by atoms with E-state index in [0.29, 0.717) is 6.54 Å². The van der Waals surface area contributed by atoms with Crippen molar-refractivity contribution in [2.24, 2.45) is 12.0 Å². The number of aryl methyl sites for hydroxylation is 1. The fourth-order valence-corrected chi connectivity index (χ4v) is 2.75. The summed E-state index contributed by atoms with van der Waals surface area (Å²) in [7, 11) is 1.96. The molecule has 0 bridgehead atoms.